The van der Waals surface area contributed by atoms with E-state index in [1.807, 2.05) is 6.07 Å². The fourth-order valence-corrected chi connectivity index (χ4v) is 3.85. The topological polar surface area (TPSA) is 24.1 Å². The lowest BCUT2D eigenvalue weighted by Gasteiger charge is -2.22. The normalized spacial score (nSPS) is 28.3. The molecule has 0 aromatic heterocycles. The Morgan fingerprint density at radius 1 is 1.11 bits per heavy atom. The lowest BCUT2D eigenvalue weighted by atomic mass is 9.89. The van der Waals surface area contributed by atoms with Crippen LogP contribution >= 0.6 is 12.2 Å². The van der Waals surface area contributed by atoms with E-state index in [0.29, 0.717) is 0 Å². The van der Waals surface area contributed by atoms with E-state index in [1.165, 1.54) is 31.2 Å². The summed E-state index contributed by atoms with van der Waals surface area (Å²) in [7, 11) is 0. The van der Waals surface area contributed by atoms with Crippen LogP contribution in [0.1, 0.15) is 31.2 Å². The predicted octanol–water partition coefficient (Wildman–Crippen LogP) is 3.09. The fraction of sp³-hybridized carbons (Fsp3) is 0.562. The Morgan fingerprint density at radius 3 is 2.63 bits per heavy atom. The van der Waals surface area contributed by atoms with Gasteiger partial charge in [0.1, 0.15) is 0 Å². The quantitative estimate of drug-likeness (QED) is 0.825. The summed E-state index contributed by atoms with van der Waals surface area (Å²) in [5.41, 5.74) is 1.27. The van der Waals surface area contributed by atoms with Crippen molar-refractivity contribution in [3.8, 4) is 0 Å². The highest BCUT2D eigenvalue weighted by atomic mass is 32.1. The van der Waals surface area contributed by atoms with Crippen molar-refractivity contribution >= 4 is 17.3 Å². The molecule has 0 unspecified atom stereocenters. The van der Waals surface area contributed by atoms with Crippen LogP contribution in [0.2, 0.25) is 0 Å². The third-order valence-corrected chi connectivity index (χ3v) is 4.99. The lowest BCUT2D eigenvalue weighted by molar-refractivity contribution is 0.332. The monoisotopic (exact) mass is 274 g/mol. The van der Waals surface area contributed by atoms with E-state index in [4.69, 9.17) is 12.2 Å². The minimum Gasteiger partial charge on any atom is -0.362 e. The maximum atomic E-state index is 5.35. The van der Waals surface area contributed by atoms with Crippen molar-refractivity contribution in [2.45, 2.75) is 32.2 Å². The van der Waals surface area contributed by atoms with Crippen molar-refractivity contribution in [2.24, 2.45) is 17.8 Å². The van der Waals surface area contributed by atoms with Crippen LogP contribution in [0, 0.1) is 17.8 Å². The summed E-state index contributed by atoms with van der Waals surface area (Å²) in [6.07, 6.45) is 5.80. The van der Waals surface area contributed by atoms with Gasteiger partial charge in [-0.1, -0.05) is 36.8 Å². The number of fused-ring (bicyclic) bond motifs is 2. The summed E-state index contributed by atoms with van der Waals surface area (Å²) in [5.74, 6) is 2.84. The fourth-order valence-electron chi connectivity index (χ4n) is 3.69. The molecule has 2 aliphatic carbocycles. The highest BCUT2D eigenvalue weighted by Gasteiger charge is 2.39. The van der Waals surface area contributed by atoms with Crippen molar-refractivity contribution < 1.29 is 0 Å². The van der Waals surface area contributed by atoms with Crippen LogP contribution in [0.5, 0.6) is 0 Å². The van der Waals surface area contributed by atoms with E-state index in [1.54, 1.807) is 0 Å². The first kappa shape index (κ1) is 12.9. The molecule has 2 fully saturated rings. The zero-order valence-corrected chi connectivity index (χ0v) is 12.1. The molecule has 2 N–H and O–H groups in total. The van der Waals surface area contributed by atoms with E-state index in [-0.39, 0.29) is 0 Å². The summed E-state index contributed by atoms with van der Waals surface area (Å²) in [4.78, 5) is 0. The minimum absolute atomic E-state index is 0.798. The van der Waals surface area contributed by atoms with Crippen LogP contribution in [0.3, 0.4) is 0 Å². The molecule has 102 valence electrons. The van der Waals surface area contributed by atoms with Crippen LogP contribution in [-0.2, 0) is 6.54 Å². The molecule has 0 radical (unpaired) electrons. The second-order valence-electron chi connectivity index (χ2n) is 5.98. The standard InChI is InChI=1S/C16H22N2S/c19-16(17-10-12-4-2-1-3-5-12)18-11-15-9-13-6-7-14(15)8-13/h1-5,13-15H,6-11H2,(H2,17,18,19)/t13-,14-,15-/m1/s1. The smallest absolute Gasteiger partial charge is 0.166 e. The van der Waals surface area contributed by atoms with E-state index in [0.717, 1.165) is 36.0 Å². The van der Waals surface area contributed by atoms with Gasteiger partial charge in [-0.2, -0.15) is 0 Å². The zero-order valence-electron chi connectivity index (χ0n) is 11.3. The molecule has 2 saturated carbocycles. The van der Waals surface area contributed by atoms with E-state index in [2.05, 4.69) is 34.9 Å². The minimum atomic E-state index is 0.798. The van der Waals surface area contributed by atoms with Gasteiger partial charge in [0.25, 0.3) is 0 Å². The summed E-state index contributed by atoms with van der Waals surface area (Å²) in [5, 5.41) is 7.49. The highest BCUT2D eigenvalue weighted by molar-refractivity contribution is 7.80. The molecule has 3 atom stereocenters. The van der Waals surface area contributed by atoms with Crippen LogP contribution in [0.15, 0.2) is 30.3 Å². The molecule has 2 bridgehead atoms. The Labute approximate surface area is 121 Å². The Morgan fingerprint density at radius 2 is 1.95 bits per heavy atom. The average molecular weight is 274 g/mol. The van der Waals surface area contributed by atoms with E-state index < -0.39 is 0 Å². The molecule has 3 heteroatoms. The third-order valence-electron chi connectivity index (χ3n) is 4.71. The van der Waals surface area contributed by atoms with Crippen LogP contribution < -0.4 is 10.6 Å². The number of nitrogens with one attached hydrogen (secondary N) is 2. The molecule has 2 aliphatic rings. The number of hydrogen-bond donors (Lipinski definition) is 2. The Balaban J connectivity index is 1.38. The Hall–Kier alpha value is -1.09. The first-order valence-electron chi connectivity index (χ1n) is 7.37. The maximum absolute atomic E-state index is 5.35. The first-order valence-corrected chi connectivity index (χ1v) is 7.77. The number of hydrogen-bond acceptors (Lipinski definition) is 1. The molecule has 0 saturated heterocycles. The van der Waals surface area contributed by atoms with Gasteiger partial charge in [0.15, 0.2) is 5.11 Å². The zero-order chi connectivity index (χ0) is 13.1. The van der Waals surface area contributed by atoms with E-state index >= 15 is 0 Å². The average Bonchev–Trinajstić information content (AvgIpc) is 3.06. The van der Waals surface area contributed by atoms with Gasteiger partial charge in [0.05, 0.1) is 0 Å². The predicted molar refractivity (Wildman–Crippen MR) is 82.8 cm³/mol. The van der Waals surface area contributed by atoms with Crippen LogP contribution in [-0.4, -0.2) is 11.7 Å². The molecule has 19 heavy (non-hydrogen) atoms. The Bertz CT molecular complexity index is 432. The van der Waals surface area contributed by atoms with Gasteiger partial charge in [0, 0.05) is 13.1 Å². The number of thiocarbonyl (C=S) groups is 1. The molecule has 2 nitrogen and oxygen atoms in total. The number of rotatable bonds is 4. The van der Waals surface area contributed by atoms with Gasteiger partial charge >= 0.3 is 0 Å². The molecular formula is C16H22N2S. The van der Waals surface area contributed by atoms with Crippen molar-refractivity contribution in [3.05, 3.63) is 35.9 Å². The summed E-state index contributed by atoms with van der Waals surface area (Å²) >= 11 is 5.35. The lowest BCUT2D eigenvalue weighted by Crippen LogP contribution is -2.38. The highest BCUT2D eigenvalue weighted by Crippen LogP contribution is 2.47. The molecule has 0 spiro atoms. The molecule has 0 heterocycles. The van der Waals surface area contributed by atoms with Crippen molar-refractivity contribution in [3.63, 3.8) is 0 Å². The Kier molecular flexibility index (Phi) is 4.02. The van der Waals surface area contributed by atoms with Gasteiger partial charge in [-0.15, -0.1) is 0 Å². The maximum Gasteiger partial charge on any atom is 0.166 e. The first-order chi connectivity index (χ1) is 9.31. The van der Waals surface area contributed by atoms with Gasteiger partial charge < -0.3 is 10.6 Å². The largest absolute Gasteiger partial charge is 0.362 e. The van der Waals surface area contributed by atoms with Crippen LogP contribution in [0.4, 0.5) is 0 Å². The second kappa shape index (κ2) is 5.91. The summed E-state index contributed by atoms with van der Waals surface area (Å²) in [6, 6.07) is 10.4. The van der Waals surface area contributed by atoms with Gasteiger partial charge in [-0.25, -0.2) is 0 Å². The van der Waals surface area contributed by atoms with Crippen molar-refractivity contribution in [1.29, 1.82) is 0 Å². The molecule has 3 rings (SSSR count). The third kappa shape index (κ3) is 3.27. The summed E-state index contributed by atoms with van der Waals surface area (Å²) < 4.78 is 0. The van der Waals surface area contributed by atoms with Gasteiger partial charge in [-0.3, -0.25) is 0 Å². The molecule has 1 aromatic rings. The van der Waals surface area contributed by atoms with Crippen LogP contribution in [0.25, 0.3) is 0 Å². The summed E-state index contributed by atoms with van der Waals surface area (Å²) in [6.45, 7) is 1.87. The molecular weight excluding hydrogens is 252 g/mol. The molecule has 0 aliphatic heterocycles. The molecule has 0 amide bonds. The molecule has 1 aromatic carbocycles. The second-order valence-corrected chi connectivity index (χ2v) is 6.39. The van der Waals surface area contributed by atoms with Crippen molar-refractivity contribution in [2.75, 3.05) is 6.54 Å². The number of benzene rings is 1. The van der Waals surface area contributed by atoms with Crippen molar-refractivity contribution in [1.82, 2.24) is 10.6 Å². The van der Waals surface area contributed by atoms with E-state index in [9.17, 15) is 0 Å². The van der Waals surface area contributed by atoms with Gasteiger partial charge in [0.2, 0.25) is 0 Å². The SMILES string of the molecule is S=C(NCc1ccccc1)NC[C@H]1C[C@@H]2CC[C@@H]1C2. The van der Waals surface area contributed by atoms with Gasteiger partial charge in [-0.05, 0) is 54.8 Å².